The lowest BCUT2D eigenvalue weighted by Gasteiger charge is -2.15. The van der Waals surface area contributed by atoms with Crippen LogP contribution in [-0.2, 0) is 18.9 Å². The van der Waals surface area contributed by atoms with Gasteiger partial charge in [-0.3, -0.25) is 0 Å². The Hall–Kier alpha value is -1.46. The van der Waals surface area contributed by atoms with Crippen molar-refractivity contribution in [3.8, 4) is 0 Å². The second-order valence-corrected chi connectivity index (χ2v) is 3.34. The average molecular weight is 234 g/mol. The smallest absolute Gasteiger partial charge is 0.438 e. The first kappa shape index (κ1) is 14.5. The molecular formula is C10H18O6. The van der Waals surface area contributed by atoms with Gasteiger partial charge in [-0.25, -0.2) is 9.59 Å². The van der Waals surface area contributed by atoms with Crippen molar-refractivity contribution in [2.45, 2.75) is 38.9 Å². The van der Waals surface area contributed by atoms with E-state index < -0.39 is 12.3 Å². The first-order valence-electron chi connectivity index (χ1n) is 4.98. The number of ether oxygens (including phenoxy) is 4. The highest BCUT2D eigenvalue weighted by atomic mass is 16.7. The van der Waals surface area contributed by atoms with E-state index >= 15 is 0 Å². The third-order valence-electron chi connectivity index (χ3n) is 1.91. The Morgan fingerprint density at radius 1 is 0.875 bits per heavy atom. The maximum absolute atomic E-state index is 10.7. The molecule has 0 radical (unpaired) electrons. The lowest BCUT2D eigenvalue weighted by molar-refractivity contribution is 0.0202. The van der Waals surface area contributed by atoms with Crippen LogP contribution in [0.25, 0.3) is 0 Å². The summed E-state index contributed by atoms with van der Waals surface area (Å²) in [4.78, 5) is 21.5. The summed E-state index contributed by atoms with van der Waals surface area (Å²) in [6.45, 7) is 3.48. The Kier molecular flexibility index (Phi) is 7.07. The van der Waals surface area contributed by atoms with Gasteiger partial charge in [-0.05, 0) is 26.7 Å². The summed E-state index contributed by atoms with van der Waals surface area (Å²) in [5, 5.41) is 0. The van der Waals surface area contributed by atoms with Gasteiger partial charge in [0, 0.05) is 0 Å². The van der Waals surface area contributed by atoms with Crippen LogP contribution in [0.5, 0.6) is 0 Å². The summed E-state index contributed by atoms with van der Waals surface area (Å²) in [7, 11) is 2.50. The van der Waals surface area contributed by atoms with Gasteiger partial charge < -0.3 is 18.9 Å². The molecule has 0 heterocycles. The van der Waals surface area contributed by atoms with Crippen molar-refractivity contribution in [1.82, 2.24) is 0 Å². The molecule has 0 aromatic heterocycles. The van der Waals surface area contributed by atoms with Crippen molar-refractivity contribution in [3.63, 3.8) is 0 Å². The summed E-state index contributed by atoms with van der Waals surface area (Å²) >= 11 is 0. The van der Waals surface area contributed by atoms with E-state index in [0.717, 1.165) is 0 Å². The van der Waals surface area contributed by atoms with E-state index in [1.807, 2.05) is 0 Å². The molecule has 0 aliphatic rings. The fraction of sp³-hybridized carbons (Fsp3) is 0.800. The minimum Gasteiger partial charge on any atom is -0.438 e. The highest BCUT2D eigenvalue weighted by molar-refractivity contribution is 5.60. The normalized spacial score (nSPS) is 13.5. The van der Waals surface area contributed by atoms with E-state index in [1.165, 1.54) is 14.2 Å². The Balaban J connectivity index is 3.70. The van der Waals surface area contributed by atoms with E-state index in [9.17, 15) is 9.59 Å². The summed E-state index contributed by atoms with van der Waals surface area (Å²) in [5.74, 6) is 0. The van der Waals surface area contributed by atoms with E-state index in [2.05, 4.69) is 9.47 Å². The monoisotopic (exact) mass is 234 g/mol. The van der Waals surface area contributed by atoms with Crippen molar-refractivity contribution < 1.29 is 28.5 Å². The Labute approximate surface area is 94.8 Å². The van der Waals surface area contributed by atoms with Crippen molar-refractivity contribution in [3.05, 3.63) is 0 Å². The molecule has 6 heteroatoms. The number of rotatable bonds is 5. The molecule has 0 aliphatic carbocycles. The molecule has 0 rings (SSSR count). The third kappa shape index (κ3) is 6.92. The molecule has 0 bridgehead atoms. The first-order chi connectivity index (χ1) is 7.49. The molecule has 0 fully saturated rings. The zero-order chi connectivity index (χ0) is 12.6. The molecule has 0 aliphatic heterocycles. The zero-order valence-corrected chi connectivity index (χ0v) is 10.0. The van der Waals surface area contributed by atoms with Gasteiger partial charge in [0.05, 0.1) is 14.2 Å². The van der Waals surface area contributed by atoms with Crippen LogP contribution in [0.3, 0.4) is 0 Å². The molecule has 16 heavy (non-hydrogen) atoms. The number of carbonyl (C=O) groups is 2. The minimum atomic E-state index is -0.714. The van der Waals surface area contributed by atoms with Gasteiger partial charge >= 0.3 is 12.3 Å². The molecule has 0 saturated heterocycles. The van der Waals surface area contributed by atoms with Crippen LogP contribution in [0.4, 0.5) is 9.59 Å². The van der Waals surface area contributed by atoms with Crippen LogP contribution in [0.15, 0.2) is 0 Å². The van der Waals surface area contributed by atoms with Gasteiger partial charge in [0.15, 0.2) is 0 Å². The van der Waals surface area contributed by atoms with Gasteiger partial charge in [0.2, 0.25) is 0 Å². The summed E-state index contributed by atoms with van der Waals surface area (Å²) in [5.41, 5.74) is 0. The predicted molar refractivity (Wildman–Crippen MR) is 55.1 cm³/mol. The van der Waals surface area contributed by atoms with Gasteiger partial charge in [-0.2, -0.15) is 0 Å². The highest BCUT2D eigenvalue weighted by Crippen LogP contribution is 2.08. The molecule has 0 spiro atoms. The quantitative estimate of drug-likeness (QED) is 0.678. The molecule has 0 amide bonds. The fourth-order valence-corrected chi connectivity index (χ4v) is 1.01. The van der Waals surface area contributed by atoms with Crippen LogP contribution >= 0.6 is 0 Å². The molecule has 2 unspecified atom stereocenters. The van der Waals surface area contributed by atoms with Gasteiger partial charge in [0.1, 0.15) is 12.2 Å². The van der Waals surface area contributed by atoms with E-state index in [-0.39, 0.29) is 12.2 Å². The molecule has 0 saturated carbocycles. The van der Waals surface area contributed by atoms with E-state index in [1.54, 1.807) is 13.8 Å². The summed E-state index contributed by atoms with van der Waals surface area (Å²) in [6, 6.07) is 0. The second kappa shape index (κ2) is 7.78. The van der Waals surface area contributed by atoms with E-state index in [0.29, 0.717) is 12.8 Å². The van der Waals surface area contributed by atoms with Crippen LogP contribution < -0.4 is 0 Å². The van der Waals surface area contributed by atoms with Gasteiger partial charge in [0.25, 0.3) is 0 Å². The van der Waals surface area contributed by atoms with Crippen molar-refractivity contribution >= 4 is 12.3 Å². The molecule has 6 nitrogen and oxygen atoms in total. The summed E-state index contributed by atoms with van der Waals surface area (Å²) < 4.78 is 18.4. The maximum atomic E-state index is 10.7. The van der Waals surface area contributed by atoms with Crippen LogP contribution in [-0.4, -0.2) is 38.7 Å². The third-order valence-corrected chi connectivity index (χ3v) is 1.91. The minimum absolute atomic E-state index is 0.281. The second-order valence-electron chi connectivity index (χ2n) is 3.34. The fourth-order valence-electron chi connectivity index (χ4n) is 1.01. The molecule has 94 valence electrons. The lowest BCUT2D eigenvalue weighted by Crippen LogP contribution is -2.19. The Morgan fingerprint density at radius 2 is 1.19 bits per heavy atom. The van der Waals surface area contributed by atoms with Crippen LogP contribution in [0.1, 0.15) is 26.7 Å². The number of hydrogen-bond acceptors (Lipinski definition) is 6. The molecule has 0 aromatic rings. The SMILES string of the molecule is COC(=O)OC(C)CCC(C)OC(=O)OC. The van der Waals surface area contributed by atoms with Gasteiger partial charge in [-0.1, -0.05) is 0 Å². The Bertz CT molecular complexity index is 203. The molecule has 0 N–H and O–H groups in total. The first-order valence-corrected chi connectivity index (χ1v) is 4.98. The standard InChI is InChI=1S/C10H18O6/c1-7(15-9(11)13-3)5-6-8(2)16-10(12)14-4/h7-8H,5-6H2,1-4H3. The van der Waals surface area contributed by atoms with Crippen molar-refractivity contribution in [2.24, 2.45) is 0 Å². The number of hydrogen-bond donors (Lipinski definition) is 0. The van der Waals surface area contributed by atoms with Crippen molar-refractivity contribution in [1.29, 1.82) is 0 Å². The maximum Gasteiger partial charge on any atom is 0.508 e. The molecular weight excluding hydrogens is 216 g/mol. The summed E-state index contributed by atoms with van der Waals surface area (Å²) in [6.07, 6.45) is -0.837. The van der Waals surface area contributed by atoms with Crippen molar-refractivity contribution in [2.75, 3.05) is 14.2 Å². The van der Waals surface area contributed by atoms with E-state index in [4.69, 9.17) is 9.47 Å². The zero-order valence-electron chi connectivity index (χ0n) is 10.0. The number of methoxy groups -OCH3 is 2. The largest absolute Gasteiger partial charge is 0.508 e. The lowest BCUT2D eigenvalue weighted by atomic mass is 10.1. The van der Waals surface area contributed by atoms with Crippen LogP contribution in [0, 0.1) is 0 Å². The topological polar surface area (TPSA) is 71.1 Å². The molecule has 0 aromatic carbocycles. The van der Waals surface area contributed by atoms with Gasteiger partial charge in [-0.15, -0.1) is 0 Å². The highest BCUT2D eigenvalue weighted by Gasteiger charge is 2.14. The number of carbonyl (C=O) groups excluding carboxylic acids is 2. The average Bonchev–Trinajstić information content (AvgIpc) is 2.26. The van der Waals surface area contributed by atoms with Crippen LogP contribution in [0.2, 0.25) is 0 Å². The predicted octanol–water partition coefficient (Wildman–Crippen LogP) is 2.11. The Morgan fingerprint density at radius 3 is 1.44 bits per heavy atom. The molecule has 2 atom stereocenters.